The Morgan fingerprint density at radius 2 is 1.97 bits per heavy atom. The van der Waals surface area contributed by atoms with Crippen LogP contribution in [0.1, 0.15) is 34.2 Å². The van der Waals surface area contributed by atoms with Gasteiger partial charge in [0.15, 0.2) is 5.69 Å². The van der Waals surface area contributed by atoms with Gasteiger partial charge in [-0.1, -0.05) is 6.07 Å². The summed E-state index contributed by atoms with van der Waals surface area (Å²) in [5, 5.41) is 21.4. The van der Waals surface area contributed by atoms with Crippen LogP contribution in [0.15, 0.2) is 53.9 Å². The minimum Gasteiger partial charge on any atom is -0.321 e. The van der Waals surface area contributed by atoms with E-state index in [1.807, 2.05) is 13.0 Å². The summed E-state index contributed by atoms with van der Waals surface area (Å²) in [5.41, 5.74) is 5.93. The number of aromatic nitrogens is 3. The second-order valence-corrected chi connectivity index (χ2v) is 7.00. The van der Waals surface area contributed by atoms with Gasteiger partial charge in [-0.2, -0.15) is 10.2 Å². The maximum absolute atomic E-state index is 13.5. The first-order chi connectivity index (χ1) is 15.2. The van der Waals surface area contributed by atoms with Crippen LogP contribution in [0.3, 0.4) is 0 Å². The molecule has 0 saturated heterocycles. The standard InChI is InChI=1S/C22H21F2N7O/c1-13-4-5-16(29-21(32)19-9-15(12-28-31-19)22(2,23)24)10-17(13)14-6-7-27-18(8-14)20(11-25)30-26-3/h4-12,25-26H,1-3H3,(H,29,32)/b25-11?,30-20+. The second kappa shape index (κ2) is 9.38. The SMILES string of the molecule is CN/N=C(\C=N)c1cc(-c2cc(NC(=O)c3cc(C(C)(F)F)cnn3)ccc2C)ccn1. The monoisotopic (exact) mass is 437 g/mol. The maximum atomic E-state index is 13.5. The highest BCUT2D eigenvalue weighted by atomic mass is 19.3. The van der Waals surface area contributed by atoms with Crippen molar-refractivity contribution in [3.05, 3.63) is 71.3 Å². The first-order valence-electron chi connectivity index (χ1n) is 9.57. The fourth-order valence-electron chi connectivity index (χ4n) is 2.95. The third-order valence-corrected chi connectivity index (χ3v) is 4.59. The van der Waals surface area contributed by atoms with Crippen LogP contribution in [0, 0.1) is 12.3 Å². The lowest BCUT2D eigenvalue weighted by molar-refractivity contribution is 0.0169. The molecule has 3 N–H and O–H groups in total. The number of aryl methyl sites for hydroxylation is 1. The van der Waals surface area contributed by atoms with Gasteiger partial charge in [0.25, 0.3) is 11.8 Å². The van der Waals surface area contributed by atoms with Crippen LogP contribution >= 0.6 is 0 Å². The van der Waals surface area contributed by atoms with Gasteiger partial charge in [-0.15, -0.1) is 5.10 Å². The predicted octanol–water partition coefficient (Wildman–Crippen LogP) is 3.78. The van der Waals surface area contributed by atoms with Crippen LogP contribution in [0.25, 0.3) is 11.1 Å². The topological polar surface area (TPSA) is 116 Å². The van der Waals surface area contributed by atoms with Crippen molar-refractivity contribution in [2.24, 2.45) is 5.10 Å². The fraction of sp³-hybridized carbons (Fsp3) is 0.182. The number of hydrogen-bond acceptors (Lipinski definition) is 7. The van der Waals surface area contributed by atoms with E-state index in [0.29, 0.717) is 17.1 Å². The van der Waals surface area contributed by atoms with Crippen LogP contribution in [0.2, 0.25) is 0 Å². The lowest BCUT2D eigenvalue weighted by Crippen LogP contribution is -2.17. The van der Waals surface area contributed by atoms with Gasteiger partial charge >= 0.3 is 0 Å². The number of nitrogens with one attached hydrogen (secondary N) is 3. The molecule has 0 atom stereocenters. The smallest absolute Gasteiger partial charge is 0.276 e. The number of benzene rings is 1. The molecule has 0 radical (unpaired) electrons. The largest absolute Gasteiger partial charge is 0.321 e. The average Bonchev–Trinajstić information content (AvgIpc) is 2.78. The number of rotatable bonds is 7. The predicted molar refractivity (Wildman–Crippen MR) is 118 cm³/mol. The minimum atomic E-state index is -3.13. The van der Waals surface area contributed by atoms with Crippen molar-refractivity contribution in [2.75, 3.05) is 12.4 Å². The molecule has 2 heterocycles. The molecule has 1 amide bonds. The number of nitrogens with zero attached hydrogens (tertiary/aromatic N) is 4. The number of carbonyl (C=O) groups excluding carboxylic acids is 1. The van der Waals surface area contributed by atoms with Crippen molar-refractivity contribution in [1.82, 2.24) is 20.6 Å². The minimum absolute atomic E-state index is 0.212. The van der Waals surface area contributed by atoms with Gasteiger partial charge in [0.1, 0.15) is 5.71 Å². The molecule has 0 aliphatic heterocycles. The summed E-state index contributed by atoms with van der Waals surface area (Å²) < 4.78 is 27.1. The van der Waals surface area contributed by atoms with E-state index in [4.69, 9.17) is 5.41 Å². The highest BCUT2D eigenvalue weighted by Crippen LogP contribution is 2.28. The number of halogens is 2. The molecule has 1 aromatic carbocycles. The molecule has 2 aromatic heterocycles. The molecule has 3 aromatic rings. The highest BCUT2D eigenvalue weighted by molar-refractivity contribution is 6.36. The van der Waals surface area contributed by atoms with E-state index in [9.17, 15) is 13.6 Å². The van der Waals surface area contributed by atoms with Crippen LogP contribution in [-0.2, 0) is 5.92 Å². The average molecular weight is 437 g/mol. The molecule has 0 aliphatic rings. The third-order valence-electron chi connectivity index (χ3n) is 4.59. The molecule has 3 rings (SSSR count). The Hall–Kier alpha value is -4.08. The van der Waals surface area contributed by atoms with Gasteiger partial charge in [-0.3, -0.25) is 9.78 Å². The lowest BCUT2D eigenvalue weighted by atomic mass is 9.99. The zero-order valence-electron chi connectivity index (χ0n) is 17.6. The Balaban J connectivity index is 1.91. The zero-order valence-corrected chi connectivity index (χ0v) is 17.6. The van der Waals surface area contributed by atoms with Gasteiger partial charge in [0.05, 0.1) is 11.9 Å². The van der Waals surface area contributed by atoms with E-state index in [0.717, 1.165) is 42.1 Å². The van der Waals surface area contributed by atoms with Crippen molar-refractivity contribution in [1.29, 1.82) is 5.41 Å². The van der Waals surface area contributed by atoms with Crippen molar-refractivity contribution >= 4 is 23.5 Å². The summed E-state index contributed by atoms with van der Waals surface area (Å²) in [5.74, 6) is -3.78. The third kappa shape index (κ3) is 5.15. The van der Waals surface area contributed by atoms with Gasteiger partial charge in [-0.25, -0.2) is 8.78 Å². The summed E-state index contributed by atoms with van der Waals surface area (Å²) in [7, 11) is 1.63. The van der Waals surface area contributed by atoms with Crippen LogP contribution < -0.4 is 10.7 Å². The number of carbonyl (C=O) groups is 1. The summed E-state index contributed by atoms with van der Waals surface area (Å²) in [6.07, 6.45) is 3.64. The molecule has 10 heteroatoms. The normalized spacial score (nSPS) is 11.7. The first-order valence-corrected chi connectivity index (χ1v) is 9.57. The van der Waals surface area contributed by atoms with Crippen molar-refractivity contribution < 1.29 is 13.6 Å². The zero-order chi connectivity index (χ0) is 23.3. The van der Waals surface area contributed by atoms with Crippen molar-refractivity contribution in [3.8, 4) is 11.1 Å². The molecule has 0 fully saturated rings. The Bertz CT molecular complexity index is 1190. The van der Waals surface area contributed by atoms with E-state index >= 15 is 0 Å². The Morgan fingerprint density at radius 3 is 2.66 bits per heavy atom. The van der Waals surface area contributed by atoms with Gasteiger partial charge < -0.3 is 16.2 Å². The van der Waals surface area contributed by atoms with E-state index in [2.05, 4.69) is 31.0 Å². The fourth-order valence-corrected chi connectivity index (χ4v) is 2.95. The second-order valence-electron chi connectivity index (χ2n) is 7.00. The number of hydrazone groups is 1. The molecule has 0 spiro atoms. The van der Waals surface area contributed by atoms with Gasteiger partial charge in [0, 0.05) is 37.6 Å². The van der Waals surface area contributed by atoms with Crippen LogP contribution in [-0.4, -0.2) is 40.1 Å². The number of pyridine rings is 1. The number of amides is 1. The Kier molecular flexibility index (Phi) is 6.62. The van der Waals surface area contributed by atoms with E-state index in [1.165, 1.54) is 0 Å². The number of hydrogen-bond donors (Lipinski definition) is 3. The van der Waals surface area contributed by atoms with Crippen LogP contribution in [0.5, 0.6) is 0 Å². The lowest BCUT2D eigenvalue weighted by Gasteiger charge is -2.12. The Morgan fingerprint density at radius 1 is 1.19 bits per heavy atom. The molecular formula is C22H21F2N7O. The summed E-state index contributed by atoms with van der Waals surface area (Å²) in [4.78, 5) is 16.8. The van der Waals surface area contributed by atoms with Gasteiger partial charge in [-0.05, 0) is 53.9 Å². The summed E-state index contributed by atoms with van der Waals surface area (Å²) in [6.45, 7) is 2.64. The number of anilines is 1. The Labute approximate surface area is 183 Å². The van der Waals surface area contributed by atoms with E-state index in [-0.39, 0.29) is 5.69 Å². The van der Waals surface area contributed by atoms with Crippen molar-refractivity contribution in [2.45, 2.75) is 19.8 Å². The molecule has 0 unspecified atom stereocenters. The summed E-state index contributed by atoms with van der Waals surface area (Å²) >= 11 is 0. The molecular weight excluding hydrogens is 416 g/mol. The first kappa shape index (κ1) is 22.6. The molecule has 164 valence electrons. The number of alkyl halides is 2. The molecule has 8 nitrogen and oxygen atoms in total. The molecule has 32 heavy (non-hydrogen) atoms. The summed E-state index contributed by atoms with van der Waals surface area (Å²) in [6, 6.07) is 9.90. The quantitative estimate of drug-likeness (QED) is 0.384. The van der Waals surface area contributed by atoms with Gasteiger partial charge in [0.2, 0.25) is 0 Å². The van der Waals surface area contributed by atoms with E-state index in [1.54, 1.807) is 37.5 Å². The van der Waals surface area contributed by atoms with Crippen molar-refractivity contribution in [3.63, 3.8) is 0 Å². The van der Waals surface area contributed by atoms with Crippen LogP contribution in [0.4, 0.5) is 14.5 Å². The van der Waals surface area contributed by atoms with E-state index < -0.39 is 17.4 Å². The molecule has 0 aliphatic carbocycles. The molecule has 0 saturated carbocycles. The maximum Gasteiger partial charge on any atom is 0.276 e. The highest BCUT2D eigenvalue weighted by Gasteiger charge is 2.26. The molecule has 0 bridgehead atoms.